The maximum atomic E-state index is 12.9. The van der Waals surface area contributed by atoms with E-state index in [0.29, 0.717) is 43.2 Å². The van der Waals surface area contributed by atoms with Crippen LogP contribution in [0.2, 0.25) is 0 Å². The summed E-state index contributed by atoms with van der Waals surface area (Å²) in [6, 6.07) is 9.30. The van der Waals surface area contributed by atoms with Gasteiger partial charge in [-0.1, -0.05) is 12.1 Å². The van der Waals surface area contributed by atoms with Crippen LogP contribution in [0.5, 0.6) is 0 Å². The molecule has 1 heterocycles. The lowest BCUT2D eigenvalue weighted by atomic mass is 9.95. The first kappa shape index (κ1) is 21.6. The van der Waals surface area contributed by atoms with Crippen LogP contribution in [0.15, 0.2) is 42.5 Å². The Morgan fingerprint density at radius 1 is 1.20 bits per heavy atom. The number of rotatable bonds is 5. The van der Waals surface area contributed by atoms with Gasteiger partial charge in [0.25, 0.3) is 5.69 Å². The molecule has 1 aliphatic rings. The summed E-state index contributed by atoms with van der Waals surface area (Å²) < 4.78 is 38.6. The number of piperidine rings is 1. The Morgan fingerprint density at radius 3 is 2.50 bits per heavy atom. The molecule has 7 nitrogen and oxygen atoms in total. The van der Waals surface area contributed by atoms with Crippen molar-refractivity contribution in [3.8, 4) is 0 Å². The number of hydrogen-bond acceptors (Lipinski definition) is 5. The molecule has 1 saturated heterocycles. The van der Waals surface area contributed by atoms with E-state index in [1.165, 1.54) is 0 Å². The van der Waals surface area contributed by atoms with Gasteiger partial charge in [0.05, 0.1) is 17.1 Å². The highest BCUT2D eigenvalue weighted by molar-refractivity contribution is 5.92. The van der Waals surface area contributed by atoms with Crippen molar-refractivity contribution < 1.29 is 28.0 Å². The molecule has 0 unspecified atom stereocenters. The van der Waals surface area contributed by atoms with E-state index in [9.17, 15) is 33.2 Å². The highest BCUT2D eigenvalue weighted by atomic mass is 19.4. The lowest BCUT2D eigenvalue weighted by molar-refractivity contribution is -0.384. The Morgan fingerprint density at radius 2 is 1.90 bits per heavy atom. The second-order valence-electron chi connectivity index (χ2n) is 7.07. The smallest absolute Gasteiger partial charge is 0.392 e. The predicted octanol–water partition coefficient (Wildman–Crippen LogP) is 3.96. The summed E-state index contributed by atoms with van der Waals surface area (Å²) in [4.78, 5) is 24.6. The summed E-state index contributed by atoms with van der Waals surface area (Å²) in [5.41, 5.74) is -0.335. The van der Waals surface area contributed by atoms with Gasteiger partial charge in [-0.2, -0.15) is 13.2 Å². The normalized spacial score (nSPS) is 15.1. The zero-order chi connectivity index (χ0) is 21.9. The van der Waals surface area contributed by atoms with Crippen molar-refractivity contribution in [2.24, 2.45) is 5.92 Å². The van der Waals surface area contributed by atoms with Crippen LogP contribution in [-0.2, 0) is 17.6 Å². The van der Waals surface area contributed by atoms with Crippen LogP contribution in [0.4, 0.5) is 30.2 Å². The highest BCUT2D eigenvalue weighted by Gasteiger charge is 2.34. The van der Waals surface area contributed by atoms with E-state index >= 15 is 0 Å². The molecule has 0 aliphatic carbocycles. The van der Waals surface area contributed by atoms with Crippen molar-refractivity contribution in [1.29, 1.82) is 0 Å². The van der Waals surface area contributed by atoms with Crippen LogP contribution < -0.4 is 10.2 Å². The molecule has 0 aromatic heterocycles. The summed E-state index contributed by atoms with van der Waals surface area (Å²) >= 11 is 0. The minimum atomic E-state index is -4.66. The lowest BCUT2D eigenvalue weighted by Gasteiger charge is -2.32. The van der Waals surface area contributed by atoms with Crippen molar-refractivity contribution in [3.05, 3.63) is 63.7 Å². The minimum absolute atomic E-state index is 0.113. The highest BCUT2D eigenvalue weighted by Crippen LogP contribution is 2.37. The van der Waals surface area contributed by atoms with E-state index in [1.54, 1.807) is 29.2 Å². The third kappa shape index (κ3) is 4.88. The number of nitrogens with one attached hydrogen (secondary N) is 1. The fourth-order valence-electron chi connectivity index (χ4n) is 3.49. The fraction of sp³-hybridized carbons (Fsp3) is 0.350. The first-order valence-electron chi connectivity index (χ1n) is 9.30. The molecule has 160 valence electrons. The second kappa shape index (κ2) is 8.70. The van der Waals surface area contributed by atoms with Crippen molar-refractivity contribution in [2.75, 3.05) is 23.3 Å². The third-order valence-corrected chi connectivity index (χ3v) is 5.08. The molecule has 2 aromatic carbocycles. The standard InChI is InChI=1S/C20H20F3N3O4/c21-20(22,23)15-4-5-17(18(11-15)26(29)30)25-8-6-14(7-9-25)19(28)24-16-3-1-2-13(10-16)12-27/h1-5,10-11,14,27H,6-9,12H2,(H,24,28). The molecular formula is C20H20F3N3O4. The Hall–Kier alpha value is -3.14. The molecule has 2 N–H and O–H groups in total. The minimum Gasteiger partial charge on any atom is -0.392 e. The summed E-state index contributed by atoms with van der Waals surface area (Å²) in [6.07, 6.45) is -3.85. The number of carbonyl (C=O) groups is 1. The zero-order valence-electron chi connectivity index (χ0n) is 15.9. The summed E-state index contributed by atoms with van der Waals surface area (Å²) in [5.74, 6) is -0.529. The van der Waals surface area contributed by atoms with Crippen LogP contribution in [0.3, 0.4) is 0 Å². The SMILES string of the molecule is O=C(Nc1cccc(CO)c1)C1CCN(c2ccc(C(F)(F)F)cc2[N+](=O)[O-])CC1. The monoisotopic (exact) mass is 423 g/mol. The fourth-order valence-corrected chi connectivity index (χ4v) is 3.49. The van der Waals surface area contributed by atoms with Gasteiger partial charge in [0.2, 0.25) is 5.91 Å². The summed E-state index contributed by atoms with van der Waals surface area (Å²) in [5, 5.41) is 23.3. The number of nitro benzene ring substituents is 1. The van der Waals surface area contributed by atoms with E-state index in [2.05, 4.69) is 5.32 Å². The Kier molecular flexibility index (Phi) is 6.25. The first-order valence-corrected chi connectivity index (χ1v) is 9.30. The van der Waals surface area contributed by atoms with Gasteiger partial charge >= 0.3 is 6.18 Å². The van der Waals surface area contributed by atoms with Gasteiger partial charge in [-0.05, 0) is 42.7 Å². The average molecular weight is 423 g/mol. The van der Waals surface area contributed by atoms with Gasteiger partial charge in [0.15, 0.2) is 0 Å². The van der Waals surface area contributed by atoms with Crippen molar-refractivity contribution in [1.82, 2.24) is 0 Å². The largest absolute Gasteiger partial charge is 0.416 e. The number of amides is 1. The van der Waals surface area contributed by atoms with Crippen LogP contribution in [0, 0.1) is 16.0 Å². The Balaban J connectivity index is 1.67. The van der Waals surface area contributed by atoms with Crippen molar-refractivity contribution in [2.45, 2.75) is 25.6 Å². The number of carbonyl (C=O) groups excluding carboxylic acids is 1. The van der Waals surface area contributed by atoms with Gasteiger partial charge in [-0.25, -0.2) is 0 Å². The molecule has 0 atom stereocenters. The first-order chi connectivity index (χ1) is 14.2. The molecular weight excluding hydrogens is 403 g/mol. The Bertz CT molecular complexity index is 941. The molecule has 2 aromatic rings. The van der Waals surface area contributed by atoms with E-state index < -0.39 is 22.4 Å². The molecule has 0 radical (unpaired) electrons. The number of aliphatic hydroxyl groups excluding tert-OH is 1. The van der Waals surface area contributed by atoms with Gasteiger partial charge in [-0.3, -0.25) is 14.9 Å². The average Bonchev–Trinajstić information content (AvgIpc) is 2.73. The molecule has 1 amide bonds. The number of nitro groups is 1. The topological polar surface area (TPSA) is 95.7 Å². The van der Waals surface area contributed by atoms with Crippen molar-refractivity contribution in [3.63, 3.8) is 0 Å². The molecule has 0 saturated carbocycles. The number of anilines is 2. The van der Waals surface area contributed by atoms with Gasteiger partial charge in [-0.15, -0.1) is 0 Å². The summed E-state index contributed by atoms with van der Waals surface area (Å²) in [7, 11) is 0. The van der Waals surface area contributed by atoms with E-state index in [4.69, 9.17) is 0 Å². The molecule has 0 spiro atoms. The number of benzene rings is 2. The second-order valence-corrected chi connectivity index (χ2v) is 7.07. The molecule has 30 heavy (non-hydrogen) atoms. The van der Waals surface area contributed by atoms with Crippen LogP contribution in [-0.4, -0.2) is 29.0 Å². The molecule has 0 bridgehead atoms. The number of alkyl halides is 3. The molecule has 3 rings (SSSR count). The third-order valence-electron chi connectivity index (χ3n) is 5.08. The quantitative estimate of drug-likeness (QED) is 0.561. The van der Waals surface area contributed by atoms with Crippen LogP contribution in [0.1, 0.15) is 24.0 Å². The molecule has 10 heteroatoms. The maximum absolute atomic E-state index is 12.9. The van der Waals surface area contributed by atoms with E-state index in [-0.39, 0.29) is 24.1 Å². The number of aliphatic hydroxyl groups is 1. The van der Waals surface area contributed by atoms with Gasteiger partial charge < -0.3 is 15.3 Å². The van der Waals surface area contributed by atoms with Crippen LogP contribution >= 0.6 is 0 Å². The number of halogens is 3. The maximum Gasteiger partial charge on any atom is 0.416 e. The molecule has 1 aliphatic heterocycles. The van der Waals surface area contributed by atoms with Crippen LogP contribution in [0.25, 0.3) is 0 Å². The van der Waals surface area contributed by atoms with Gasteiger partial charge in [0.1, 0.15) is 5.69 Å². The van der Waals surface area contributed by atoms with Crippen molar-refractivity contribution >= 4 is 23.0 Å². The van der Waals surface area contributed by atoms with E-state index in [1.807, 2.05) is 0 Å². The summed E-state index contributed by atoms with van der Waals surface area (Å²) in [6.45, 7) is 0.468. The number of nitrogens with zero attached hydrogens (tertiary/aromatic N) is 2. The van der Waals surface area contributed by atoms with E-state index in [0.717, 1.165) is 12.1 Å². The predicted molar refractivity (Wildman–Crippen MR) is 104 cm³/mol. The zero-order valence-corrected chi connectivity index (χ0v) is 15.9. The Labute approximate surface area is 170 Å². The number of hydrogen-bond donors (Lipinski definition) is 2. The molecule has 1 fully saturated rings. The van der Waals surface area contributed by atoms with Gasteiger partial charge in [0, 0.05) is 30.8 Å². The lowest BCUT2D eigenvalue weighted by Crippen LogP contribution is -2.38.